The lowest BCUT2D eigenvalue weighted by Crippen LogP contribution is -2.80. The standard InChI is InChI=1S/C6H13N5/c7-5(8)3-1-2-4(11-3)6(5,9)10/h1-4,11H,7-10H2. The van der Waals surface area contributed by atoms with Crippen LogP contribution in [-0.2, 0) is 0 Å². The first-order valence-electron chi connectivity index (χ1n) is 3.56. The fraction of sp³-hybridized carbons (Fsp3) is 0.667. The van der Waals surface area contributed by atoms with E-state index in [1.165, 1.54) is 0 Å². The van der Waals surface area contributed by atoms with Gasteiger partial charge < -0.3 is 22.9 Å². The Hall–Kier alpha value is -0.460. The molecule has 1 saturated heterocycles. The lowest BCUT2D eigenvalue weighted by molar-refractivity contribution is 0.256. The molecule has 2 rings (SSSR count). The van der Waals surface area contributed by atoms with Gasteiger partial charge in [0.15, 0.2) is 0 Å². The van der Waals surface area contributed by atoms with Crippen LogP contribution < -0.4 is 28.3 Å². The Morgan fingerprint density at radius 3 is 1.45 bits per heavy atom. The quantitative estimate of drug-likeness (QED) is 0.190. The molecule has 0 radical (unpaired) electrons. The van der Waals surface area contributed by atoms with Gasteiger partial charge in [-0.3, -0.25) is 5.32 Å². The lowest BCUT2D eigenvalue weighted by atomic mass is 9.85. The molecule has 0 aromatic carbocycles. The summed E-state index contributed by atoms with van der Waals surface area (Å²) in [5.74, 6) is 0. The van der Waals surface area contributed by atoms with Crippen molar-refractivity contribution in [2.75, 3.05) is 0 Å². The van der Waals surface area contributed by atoms with Crippen molar-refractivity contribution < 1.29 is 0 Å². The van der Waals surface area contributed by atoms with Gasteiger partial charge in [-0.2, -0.15) is 0 Å². The summed E-state index contributed by atoms with van der Waals surface area (Å²) < 4.78 is 0. The van der Waals surface area contributed by atoms with Crippen LogP contribution in [0.25, 0.3) is 0 Å². The molecular formula is C6H13N5. The second-order valence-corrected chi connectivity index (χ2v) is 3.37. The van der Waals surface area contributed by atoms with Gasteiger partial charge >= 0.3 is 0 Å². The van der Waals surface area contributed by atoms with Crippen molar-refractivity contribution in [3.05, 3.63) is 12.2 Å². The van der Waals surface area contributed by atoms with Gasteiger partial charge in [0, 0.05) is 0 Å². The minimum atomic E-state index is -1.04. The molecule has 0 aromatic rings. The molecule has 5 nitrogen and oxygen atoms in total. The maximum atomic E-state index is 5.75. The molecular weight excluding hydrogens is 142 g/mol. The van der Waals surface area contributed by atoms with E-state index in [2.05, 4.69) is 5.32 Å². The van der Waals surface area contributed by atoms with Gasteiger partial charge in [0.1, 0.15) is 11.3 Å². The van der Waals surface area contributed by atoms with Crippen LogP contribution >= 0.6 is 0 Å². The van der Waals surface area contributed by atoms with Crippen LogP contribution in [-0.4, -0.2) is 23.4 Å². The molecule has 11 heavy (non-hydrogen) atoms. The molecule has 5 heteroatoms. The molecule has 9 N–H and O–H groups in total. The Morgan fingerprint density at radius 1 is 0.909 bits per heavy atom. The van der Waals surface area contributed by atoms with Gasteiger partial charge in [-0.15, -0.1) is 0 Å². The van der Waals surface area contributed by atoms with E-state index in [0.717, 1.165) is 0 Å². The predicted octanol–water partition coefficient (Wildman–Crippen LogP) is -2.88. The summed E-state index contributed by atoms with van der Waals surface area (Å²) in [4.78, 5) is 0. The third-order valence-corrected chi connectivity index (χ3v) is 2.63. The SMILES string of the molecule is NC1(N)C2C=CC(N2)C1(N)N. The first-order chi connectivity index (χ1) is 4.96. The van der Waals surface area contributed by atoms with Gasteiger partial charge in [-0.05, 0) is 0 Å². The monoisotopic (exact) mass is 155 g/mol. The van der Waals surface area contributed by atoms with Gasteiger partial charge in [0.25, 0.3) is 0 Å². The van der Waals surface area contributed by atoms with Crippen LogP contribution in [0.5, 0.6) is 0 Å². The van der Waals surface area contributed by atoms with Gasteiger partial charge in [0.2, 0.25) is 0 Å². The summed E-state index contributed by atoms with van der Waals surface area (Å²) in [6.45, 7) is 0. The number of fused-ring (bicyclic) bond motifs is 2. The Labute approximate surface area is 64.8 Å². The first-order valence-corrected chi connectivity index (χ1v) is 3.56. The number of hydrogen-bond donors (Lipinski definition) is 5. The Morgan fingerprint density at radius 2 is 1.27 bits per heavy atom. The molecule has 2 atom stereocenters. The lowest BCUT2D eigenvalue weighted by Gasteiger charge is -2.39. The largest absolute Gasteiger partial charge is 0.309 e. The first kappa shape index (κ1) is 7.20. The molecule has 0 spiro atoms. The van der Waals surface area contributed by atoms with E-state index in [0.29, 0.717) is 0 Å². The van der Waals surface area contributed by atoms with Crippen LogP contribution in [0.15, 0.2) is 12.2 Å². The smallest absolute Gasteiger partial charge is 0.117 e. The van der Waals surface area contributed by atoms with Crippen molar-refractivity contribution in [2.45, 2.75) is 23.4 Å². The molecule has 0 aromatic heterocycles. The van der Waals surface area contributed by atoms with E-state index in [1.54, 1.807) is 0 Å². The summed E-state index contributed by atoms with van der Waals surface area (Å²) in [7, 11) is 0. The van der Waals surface area contributed by atoms with Crippen molar-refractivity contribution in [2.24, 2.45) is 22.9 Å². The van der Waals surface area contributed by atoms with Crippen LogP contribution in [0, 0.1) is 0 Å². The van der Waals surface area contributed by atoms with Crippen molar-refractivity contribution in [1.82, 2.24) is 5.32 Å². The normalized spacial score (nSPS) is 43.3. The molecule has 2 bridgehead atoms. The zero-order valence-electron chi connectivity index (χ0n) is 6.12. The molecule has 1 fully saturated rings. The van der Waals surface area contributed by atoms with Gasteiger partial charge in [0.05, 0.1) is 12.1 Å². The summed E-state index contributed by atoms with van der Waals surface area (Å²) >= 11 is 0. The van der Waals surface area contributed by atoms with Crippen LogP contribution in [0.4, 0.5) is 0 Å². The van der Waals surface area contributed by atoms with Crippen molar-refractivity contribution >= 4 is 0 Å². The molecule has 2 unspecified atom stereocenters. The summed E-state index contributed by atoms with van der Waals surface area (Å²) in [6.07, 6.45) is 3.81. The minimum absolute atomic E-state index is 0.0949. The second-order valence-electron chi connectivity index (χ2n) is 3.37. The highest BCUT2D eigenvalue weighted by atomic mass is 15.3. The van der Waals surface area contributed by atoms with E-state index < -0.39 is 11.3 Å². The maximum Gasteiger partial charge on any atom is 0.117 e. The van der Waals surface area contributed by atoms with Crippen molar-refractivity contribution in [3.63, 3.8) is 0 Å². The van der Waals surface area contributed by atoms with Crippen LogP contribution in [0.3, 0.4) is 0 Å². The van der Waals surface area contributed by atoms with E-state index in [-0.39, 0.29) is 12.1 Å². The predicted molar refractivity (Wildman–Crippen MR) is 42.1 cm³/mol. The molecule has 2 heterocycles. The average Bonchev–Trinajstić information content (AvgIpc) is 2.37. The fourth-order valence-corrected chi connectivity index (χ4v) is 1.66. The number of hydrogen-bond acceptors (Lipinski definition) is 5. The van der Waals surface area contributed by atoms with Crippen LogP contribution in [0.1, 0.15) is 0 Å². The van der Waals surface area contributed by atoms with E-state index in [1.807, 2.05) is 12.2 Å². The number of nitrogens with two attached hydrogens (primary N) is 4. The van der Waals surface area contributed by atoms with Crippen molar-refractivity contribution in [1.29, 1.82) is 0 Å². The fourth-order valence-electron chi connectivity index (χ4n) is 1.66. The molecule has 2 aliphatic rings. The number of nitrogens with one attached hydrogen (secondary N) is 1. The molecule has 2 aliphatic heterocycles. The minimum Gasteiger partial charge on any atom is -0.309 e. The maximum absolute atomic E-state index is 5.75. The summed E-state index contributed by atoms with van der Waals surface area (Å²) in [5.41, 5.74) is 20.9. The van der Waals surface area contributed by atoms with E-state index >= 15 is 0 Å². The highest BCUT2D eigenvalue weighted by molar-refractivity contribution is 5.33. The Kier molecular flexibility index (Phi) is 1.08. The van der Waals surface area contributed by atoms with E-state index in [4.69, 9.17) is 22.9 Å². The molecule has 0 saturated carbocycles. The van der Waals surface area contributed by atoms with Gasteiger partial charge in [-0.1, -0.05) is 12.2 Å². The topological polar surface area (TPSA) is 116 Å². The summed E-state index contributed by atoms with van der Waals surface area (Å²) in [5, 5.41) is 3.10. The third kappa shape index (κ3) is 0.622. The Balaban J connectivity index is 2.45. The third-order valence-electron chi connectivity index (χ3n) is 2.63. The molecule has 0 amide bonds. The Bertz CT molecular complexity index is 197. The van der Waals surface area contributed by atoms with Crippen molar-refractivity contribution in [3.8, 4) is 0 Å². The van der Waals surface area contributed by atoms with E-state index in [9.17, 15) is 0 Å². The molecule has 0 aliphatic carbocycles. The molecule has 62 valence electrons. The highest BCUT2D eigenvalue weighted by Crippen LogP contribution is 2.29. The van der Waals surface area contributed by atoms with Crippen LogP contribution in [0.2, 0.25) is 0 Å². The van der Waals surface area contributed by atoms with Gasteiger partial charge in [-0.25, -0.2) is 0 Å². The zero-order chi connectivity index (χ0) is 8.28. The average molecular weight is 155 g/mol. The second kappa shape index (κ2) is 1.65. The number of rotatable bonds is 0. The zero-order valence-corrected chi connectivity index (χ0v) is 6.12. The summed E-state index contributed by atoms with van der Waals surface area (Å²) in [6, 6.07) is -0.190. The highest BCUT2D eigenvalue weighted by Gasteiger charge is 2.58.